The van der Waals surface area contributed by atoms with E-state index >= 15 is 0 Å². The number of unbranched alkanes of at least 4 members (excludes halogenated alkanes) is 2. The Labute approximate surface area is 100 Å². The van der Waals surface area contributed by atoms with Crippen molar-refractivity contribution in [3.05, 3.63) is 29.3 Å². The van der Waals surface area contributed by atoms with Gasteiger partial charge in [-0.25, -0.2) is 8.78 Å². The Kier molecular flexibility index (Phi) is 4.89. The molecule has 0 saturated carbocycles. The van der Waals surface area contributed by atoms with E-state index in [1.807, 2.05) is 0 Å². The molecular weight excluding hydrogens is 222 g/mol. The molecule has 2 nitrogen and oxygen atoms in total. The largest absolute Gasteiger partial charge is 0.372 e. The fourth-order valence-corrected chi connectivity index (χ4v) is 1.64. The molecule has 0 bridgehead atoms. The van der Waals surface area contributed by atoms with Gasteiger partial charge in [0.15, 0.2) is 11.6 Å². The van der Waals surface area contributed by atoms with Crippen LogP contribution in [0.1, 0.15) is 31.7 Å². The Morgan fingerprint density at radius 1 is 1.24 bits per heavy atom. The van der Waals surface area contributed by atoms with Crippen LogP contribution in [0.15, 0.2) is 12.1 Å². The second kappa shape index (κ2) is 6.19. The first-order chi connectivity index (χ1) is 8.11. The lowest BCUT2D eigenvalue weighted by Gasteiger charge is -2.20. The van der Waals surface area contributed by atoms with Gasteiger partial charge in [-0.3, -0.25) is 0 Å². The minimum Gasteiger partial charge on any atom is -0.372 e. The monoisotopic (exact) mass is 238 g/mol. The highest BCUT2D eigenvalue weighted by atomic mass is 19.2. The van der Waals surface area contributed by atoms with Gasteiger partial charge in [-0.15, -0.1) is 0 Å². The van der Waals surface area contributed by atoms with Crippen molar-refractivity contribution in [3.63, 3.8) is 0 Å². The molecule has 4 heteroatoms. The van der Waals surface area contributed by atoms with Crippen LogP contribution in [0.25, 0.3) is 0 Å². The number of benzene rings is 1. The van der Waals surface area contributed by atoms with Crippen LogP contribution in [-0.2, 0) is 0 Å². The molecule has 0 spiro atoms. The highest BCUT2D eigenvalue weighted by Crippen LogP contribution is 2.23. The molecule has 0 aliphatic carbocycles. The standard InChI is InChI=1S/C13H16F2N2/c1-3-4-5-8-17(2)11-7-6-10(9-16)12(14)13(11)15/h6-7H,3-5,8H2,1-2H3. The summed E-state index contributed by atoms with van der Waals surface area (Å²) in [5, 5.41) is 8.58. The quantitative estimate of drug-likeness (QED) is 0.734. The maximum absolute atomic E-state index is 13.6. The smallest absolute Gasteiger partial charge is 0.183 e. The van der Waals surface area contributed by atoms with E-state index in [0.29, 0.717) is 6.54 Å². The molecule has 0 atom stereocenters. The highest BCUT2D eigenvalue weighted by molar-refractivity contribution is 5.51. The van der Waals surface area contributed by atoms with Crippen molar-refractivity contribution < 1.29 is 8.78 Å². The average molecular weight is 238 g/mol. The van der Waals surface area contributed by atoms with Crippen LogP contribution in [0.3, 0.4) is 0 Å². The summed E-state index contributed by atoms with van der Waals surface area (Å²) in [6.45, 7) is 2.76. The lowest BCUT2D eigenvalue weighted by atomic mass is 10.1. The Hall–Kier alpha value is -1.63. The molecule has 0 radical (unpaired) electrons. The van der Waals surface area contributed by atoms with E-state index in [0.717, 1.165) is 19.3 Å². The van der Waals surface area contributed by atoms with Gasteiger partial charge in [0.05, 0.1) is 11.3 Å². The van der Waals surface area contributed by atoms with Gasteiger partial charge < -0.3 is 4.90 Å². The Morgan fingerprint density at radius 2 is 1.94 bits per heavy atom. The van der Waals surface area contributed by atoms with Gasteiger partial charge in [-0.1, -0.05) is 19.8 Å². The highest BCUT2D eigenvalue weighted by Gasteiger charge is 2.15. The molecule has 0 aliphatic heterocycles. The molecule has 0 fully saturated rings. The summed E-state index contributed by atoms with van der Waals surface area (Å²) < 4.78 is 27.0. The van der Waals surface area contributed by atoms with Gasteiger partial charge >= 0.3 is 0 Å². The van der Waals surface area contributed by atoms with E-state index in [-0.39, 0.29) is 11.3 Å². The summed E-state index contributed by atoms with van der Waals surface area (Å²) in [7, 11) is 1.72. The number of hydrogen-bond donors (Lipinski definition) is 0. The SMILES string of the molecule is CCCCCN(C)c1ccc(C#N)c(F)c1F. The van der Waals surface area contributed by atoms with Crippen molar-refractivity contribution in [1.29, 1.82) is 5.26 Å². The molecule has 0 heterocycles. The molecule has 1 rings (SSSR count). The van der Waals surface area contributed by atoms with E-state index < -0.39 is 11.6 Å². The van der Waals surface area contributed by atoms with Crippen LogP contribution < -0.4 is 4.90 Å². The summed E-state index contributed by atoms with van der Waals surface area (Å²) >= 11 is 0. The number of rotatable bonds is 5. The number of nitriles is 1. The molecule has 0 amide bonds. The lowest BCUT2D eigenvalue weighted by Crippen LogP contribution is -2.20. The third kappa shape index (κ3) is 3.16. The van der Waals surface area contributed by atoms with Gasteiger partial charge in [0.1, 0.15) is 6.07 Å². The van der Waals surface area contributed by atoms with E-state index in [1.54, 1.807) is 18.0 Å². The van der Waals surface area contributed by atoms with Crippen molar-refractivity contribution in [1.82, 2.24) is 0 Å². The average Bonchev–Trinajstić information content (AvgIpc) is 2.32. The summed E-state index contributed by atoms with van der Waals surface area (Å²) in [5.41, 5.74) is -0.0502. The second-order valence-electron chi connectivity index (χ2n) is 4.00. The minimum absolute atomic E-state index is 0.206. The van der Waals surface area contributed by atoms with Crippen LogP contribution in [0.2, 0.25) is 0 Å². The zero-order chi connectivity index (χ0) is 12.8. The first-order valence-corrected chi connectivity index (χ1v) is 5.71. The number of anilines is 1. The third-order valence-corrected chi connectivity index (χ3v) is 2.69. The fraction of sp³-hybridized carbons (Fsp3) is 0.462. The maximum atomic E-state index is 13.6. The van der Waals surface area contributed by atoms with Crippen LogP contribution in [0.5, 0.6) is 0 Å². The van der Waals surface area contributed by atoms with E-state index in [1.165, 1.54) is 12.1 Å². The Balaban J connectivity index is 2.85. The second-order valence-corrected chi connectivity index (χ2v) is 4.00. The number of hydrogen-bond acceptors (Lipinski definition) is 2. The lowest BCUT2D eigenvalue weighted by molar-refractivity contribution is 0.504. The molecule has 0 aromatic heterocycles. The van der Waals surface area contributed by atoms with Gasteiger partial charge in [-0.2, -0.15) is 5.26 Å². The Morgan fingerprint density at radius 3 is 2.53 bits per heavy atom. The van der Waals surface area contributed by atoms with Crippen LogP contribution >= 0.6 is 0 Å². The molecule has 1 aromatic rings. The summed E-state index contributed by atoms with van der Waals surface area (Å²) in [6.07, 6.45) is 3.08. The number of halogens is 2. The van der Waals surface area contributed by atoms with Crippen LogP contribution in [-0.4, -0.2) is 13.6 Å². The topological polar surface area (TPSA) is 27.0 Å². The van der Waals surface area contributed by atoms with Crippen LogP contribution in [0, 0.1) is 23.0 Å². The molecule has 92 valence electrons. The zero-order valence-corrected chi connectivity index (χ0v) is 10.1. The number of nitrogens with zero attached hydrogens (tertiary/aromatic N) is 2. The van der Waals surface area contributed by atoms with Crippen molar-refractivity contribution in [3.8, 4) is 6.07 Å². The summed E-state index contributed by atoms with van der Waals surface area (Å²) in [4.78, 5) is 1.68. The van der Waals surface area contributed by atoms with Crippen molar-refractivity contribution in [2.45, 2.75) is 26.2 Å². The van der Waals surface area contributed by atoms with E-state index in [2.05, 4.69) is 6.92 Å². The minimum atomic E-state index is -1.06. The molecule has 17 heavy (non-hydrogen) atoms. The summed E-state index contributed by atoms with van der Waals surface area (Å²) in [5.74, 6) is -2.00. The van der Waals surface area contributed by atoms with Crippen LogP contribution in [0.4, 0.5) is 14.5 Å². The third-order valence-electron chi connectivity index (χ3n) is 2.69. The predicted octanol–water partition coefficient (Wildman–Crippen LogP) is 3.46. The molecule has 0 aliphatic rings. The van der Waals surface area contributed by atoms with E-state index in [9.17, 15) is 8.78 Å². The molecule has 0 N–H and O–H groups in total. The van der Waals surface area contributed by atoms with Gasteiger partial charge in [0, 0.05) is 13.6 Å². The van der Waals surface area contributed by atoms with Gasteiger partial charge in [0.25, 0.3) is 0 Å². The van der Waals surface area contributed by atoms with Crippen molar-refractivity contribution in [2.75, 3.05) is 18.5 Å². The fourth-order valence-electron chi connectivity index (χ4n) is 1.64. The van der Waals surface area contributed by atoms with Crippen molar-refractivity contribution in [2.24, 2.45) is 0 Å². The normalized spacial score (nSPS) is 10.1. The molecule has 0 unspecified atom stereocenters. The predicted molar refractivity (Wildman–Crippen MR) is 63.9 cm³/mol. The first-order valence-electron chi connectivity index (χ1n) is 5.71. The Bertz CT molecular complexity index is 424. The molecule has 1 aromatic carbocycles. The van der Waals surface area contributed by atoms with E-state index in [4.69, 9.17) is 5.26 Å². The maximum Gasteiger partial charge on any atom is 0.183 e. The molecular formula is C13H16F2N2. The molecule has 0 saturated heterocycles. The first kappa shape index (κ1) is 13.4. The summed E-state index contributed by atoms with van der Waals surface area (Å²) in [6, 6.07) is 4.38. The zero-order valence-electron chi connectivity index (χ0n) is 10.1. The van der Waals surface area contributed by atoms with Gasteiger partial charge in [0.2, 0.25) is 0 Å². The van der Waals surface area contributed by atoms with Crippen molar-refractivity contribution >= 4 is 5.69 Å². The van der Waals surface area contributed by atoms with Gasteiger partial charge in [-0.05, 0) is 18.6 Å².